The van der Waals surface area contributed by atoms with E-state index in [4.69, 9.17) is 14.0 Å². The highest BCUT2D eigenvalue weighted by Crippen LogP contribution is 2.21. The summed E-state index contributed by atoms with van der Waals surface area (Å²) in [6, 6.07) is 20.4. The molecule has 0 fully saturated rings. The summed E-state index contributed by atoms with van der Waals surface area (Å²) in [5.41, 5.74) is 2.38. The third-order valence-electron chi connectivity index (χ3n) is 4.50. The second-order valence-corrected chi connectivity index (χ2v) is 6.66. The average molecular weight is 403 g/mol. The summed E-state index contributed by atoms with van der Waals surface area (Å²) >= 11 is 0. The van der Waals surface area contributed by atoms with Gasteiger partial charge in [0.25, 0.3) is 11.4 Å². The van der Waals surface area contributed by atoms with Crippen LogP contribution in [0.2, 0.25) is 0 Å². The summed E-state index contributed by atoms with van der Waals surface area (Å²) in [6.45, 7) is 1.38. The van der Waals surface area contributed by atoms with E-state index < -0.39 is 0 Å². The Balaban J connectivity index is 1.55. The first-order valence-electron chi connectivity index (χ1n) is 9.53. The molecule has 0 atom stereocenters. The van der Waals surface area contributed by atoms with Gasteiger partial charge in [0.05, 0.1) is 13.2 Å². The first kappa shape index (κ1) is 19.6. The second-order valence-electron chi connectivity index (χ2n) is 6.66. The zero-order valence-electron chi connectivity index (χ0n) is 16.5. The minimum atomic E-state index is -0.115. The van der Waals surface area contributed by atoms with Gasteiger partial charge in [-0.15, -0.1) is 0 Å². The molecular weight excluding hydrogens is 382 g/mol. The first-order valence-corrected chi connectivity index (χ1v) is 9.53. The number of ether oxygens (including phenoxy) is 2. The van der Waals surface area contributed by atoms with E-state index in [9.17, 15) is 4.79 Å². The number of hydrogen-bond donors (Lipinski definition) is 0. The zero-order valence-corrected chi connectivity index (χ0v) is 16.5. The molecule has 0 bridgehead atoms. The molecule has 4 rings (SSSR count). The molecule has 0 aliphatic heterocycles. The van der Waals surface area contributed by atoms with Crippen LogP contribution in [0, 0.1) is 0 Å². The van der Waals surface area contributed by atoms with Crippen LogP contribution in [0.5, 0.6) is 5.75 Å². The fourth-order valence-corrected chi connectivity index (χ4v) is 3.00. The second kappa shape index (κ2) is 9.19. The number of benzene rings is 2. The predicted molar refractivity (Wildman–Crippen MR) is 112 cm³/mol. The monoisotopic (exact) mass is 403 g/mol. The molecule has 7 heteroatoms. The SMILES string of the molecule is COCCOc1cccc(Cn2cc(-c3noc(-c4ccccc4)n3)ccc2=O)c1. The van der Waals surface area contributed by atoms with Crippen molar-refractivity contribution in [3.05, 3.63) is 88.8 Å². The molecule has 0 radical (unpaired) electrons. The van der Waals surface area contributed by atoms with Crippen molar-refractivity contribution in [1.29, 1.82) is 0 Å². The normalized spacial score (nSPS) is 10.8. The van der Waals surface area contributed by atoms with E-state index in [1.807, 2.05) is 54.6 Å². The summed E-state index contributed by atoms with van der Waals surface area (Å²) in [5, 5.41) is 4.06. The molecule has 0 N–H and O–H groups in total. The Morgan fingerprint density at radius 1 is 0.967 bits per heavy atom. The van der Waals surface area contributed by atoms with Crippen molar-refractivity contribution in [1.82, 2.24) is 14.7 Å². The molecule has 2 aromatic carbocycles. The minimum absolute atomic E-state index is 0.115. The van der Waals surface area contributed by atoms with Crippen LogP contribution in [0.15, 0.2) is 82.2 Å². The quantitative estimate of drug-likeness (QED) is 0.418. The topological polar surface area (TPSA) is 79.4 Å². The van der Waals surface area contributed by atoms with E-state index >= 15 is 0 Å². The Morgan fingerprint density at radius 2 is 1.83 bits per heavy atom. The average Bonchev–Trinajstić information content (AvgIpc) is 3.27. The highest BCUT2D eigenvalue weighted by Gasteiger charge is 2.12. The molecular formula is C23H21N3O4. The molecule has 0 unspecified atom stereocenters. The molecule has 4 aromatic rings. The van der Waals surface area contributed by atoms with E-state index in [-0.39, 0.29) is 5.56 Å². The molecule has 0 saturated carbocycles. The lowest BCUT2D eigenvalue weighted by atomic mass is 10.2. The molecule has 0 amide bonds. The maximum Gasteiger partial charge on any atom is 0.258 e. The molecule has 0 saturated heterocycles. The van der Waals surface area contributed by atoms with Crippen molar-refractivity contribution in [2.45, 2.75) is 6.54 Å². The fourth-order valence-electron chi connectivity index (χ4n) is 3.00. The van der Waals surface area contributed by atoms with Gasteiger partial charge in [0, 0.05) is 30.5 Å². The first-order chi connectivity index (χ1) is 14.7. The lowest BCUT2D eigenvalue weighted by molar-refractivity contribution is 0.146. The van der Waals surface area contributed by atoms with Crippen LogP contribution in [-0.4, -0.2) is 35.0 Å². The molecule has 2 aromatic heterocycles. The van der Waals surface area contributed by atoms with Gasteiger partial charge in [-0.05, 0) is 35.9 Å². The van der Waals surface area contributed by atoms with E-state index in [2.05, 4.69) is 10.1 Å². The summed E-state index contributed by atoms with van der Waals surface area (Å²) in [4.78, 5) is 16.8. The largest absolute Gasteiger partial charge is 0.491 e. The van der Waals surface area contributed by atoms with Crippen LogP contribution in [0.1, 0.15) is 5.56 Å². The Hall–Kier alpha value is -3.71. The number of rotatable bonds is 8. The van der Waals surface area contributed by atoms with Crippen molar-refractivity contribution in [2.75, 3.05) is 20.3 Å². The molecule has 7 nitrogen and oxygen atoms in total. The van der Waals surface area contributed by atoms with E-state index in [0.29, 0.717) is 37.0 Å². The molecule has 30 heavy (non-hydrogen) atoms. The van der Waals surface area contributed by atoms with Crippen molar-refractivity contribution in [3.63, 3.8) is 0 Å². The van der Waals surface area contributed by atoms with Crippen LogP contribution in [0.4, 0.5) is 0 Å². The van der Waals surface area contributed by atoms with Gasteiger partial charge in [-0.1, -0.05) is 35.5 Å². The Bertz CT molecular complexity index is 1170. The standard InChI is InChI=1S/C23H21N3O4/c1-28-12-13-29-20-9-5-6-17(14-20)15-26-16-19(10-11-21(26)27)22-24-23(30-25-22)18-7-3-2-4-8-18/h2-11,14,16H,12-13,15H2,1H3. The molecule has 0 aliphatic carbocycles. The van der Waals surface area contributed by atoms with E-state index in [0.717, 1.165) is 16.9 Å². The van der Waals surface area contributed by atoms with Gasteiger partial charge in [-0.25, -0.2) is 0 Å². The summed E-state index contributed by atoms with van der Waals surface area (Å²) in [5.74, 6) is 1.60. The van der Waals surface area contributed by atoms with Gasteiger partial charge in [-0.2, -0.15) is 4.98 Å². The molecule has 0 aliphatic rings. The Labute approximate surface area is 173 Å². The molecule has 152 valence electrons. The van der Waals surface area contributed by atoms with E-state index in [1.54, 1.807) is 23.9 Å². The van der Waals surface area contributed by atoms with Gasteiger partial charge in [-0.3, -0.25) is 4.79 Å². The van der Waals surface area contributed by atoms with Crippen LogP contribution >= 0.6 is 0 Å². The highest BCUT2D eigenvalue weighted by molar-refractivity contribution is 5.58. The summed E-state index contributed by atoms with van der Waals surface area (Å²) in [6.07, 6.45) is 1.74. The Kier molecular flexibility index (Phi) is 6.01. The number of nitrogens with zero attached hydrogens (tertiary/aromatic N) is 3. The summed E-state index contributed by atoms with van der Waals surface area (Å²) < 4.78 is 17.6. The zero-order chi connectivity index (χ0) is 20.8. The van der Waals surface area contributed by atoms with Gasteiger partial charge in [0.2, 0.25) is 5.82 Å². The van der Waals surface area contributed by atoms with Crippen molar-refractivity contribution >= 4 is 0 Å². The van der Waals surface area contributed by atoms with Gasteiger partial charge in [0.15, 0.2) is 0 Å². The lowest BCUT2D eigenvalue weighted by Gasteiger charge is -2.10. The number of methoxy groups -OCH3 is 1. The molecule has 0 spiro atoms. The van der Waals surface area contributed by atoms with Crippen LogP contribution < -0.4 is 10.3 Å². The smallest absolute Gasteiger partial charge is 0.258 e. The van der Waals surface area contributed by atoms with Gasteiger partial charge >= 0.3 is 0 Å². The fraction of sp³-hybridized carbons (Fsp3) is 0.174. The van der Waals surface area contributed by atoms with Gasteiger partial charge < -0.3 is 18.6 Å². The number of aromatic nitrogens is 3. The third kappa shape index (κ3) is 4.64. The van der Waals surface area contributed by atoms with Gasteiger partial charge in [0.1, 0.15) is 12.4 Å². The maximum absolute atomic E-state index is 12.4. The summed E-state index contributed by atoms with van der Waals surface area (Å²) in [7, 11) is 1.63. The number of hydrogen-bond acceptors (Lipinski definition) is 6. The van der Waals surface area contributed by atoms with Crippen LogP contribution in [-0.2, 0) is 11.3 Å². The predicted octanol–water partition coefficient (Wildman–Crippen LogP) is 3.64. The van der Waals surface area contributed by atoms with E-state index in [1.165, 1.54) is 6.07 Å². The Morgan fingerprint density at radius 3 is 2.67 bits per heavy atom. The lowest BCUT2D eigenvalue weighted by Crippen LogP contribution is -2.19. The highest BCUT2D eigenvalue weighted by atomic mass is 16.5. The van der Waals surface area contributed by atoms with Crippen LogP contribution in [0.3, 0.4) is 0 Å². The molecule has 2 heterocycles. The van der Waals surface area contributed by atoms with Crippen molar-refractivity contribution in [3.8, 4) is 28.6 Å². The van der Waals surface area contributed by atoms with Crippen LogP contribution in [0.25, 0.3) is 22.8 Å². The van der Waals surface area contributed by atoms with Crippen molar-refractivity contribution in [2.24, 2.45) is 0 Å². The minimum Gasteiger partial charge on any atom is -0.491 e. The third-order valence-corrected chi connectivity index (χ3v) is 4.50. The maximum atomic E-state index is 12.4. The van der Waals surface area contributed by atoms with Crippen molar-refractivity contribution < 1.29 is 14.0 Å². The number of pyridine rings is 1.